The predicted molar refractivity (Wildman–Crippen MR) is 88.7 cm³/mol. The molecule has 0 amide bonds. The molecule has 0 aliphatic carbocycles. The van der Waals surface area contributed by atoms with Gasteiger partial charge in [-0.05, 0) is 36.8 Å². The summed E-state index contributed by atoms with van der Waals surface area (Å²) in [6, 6.07) is 6.52. The van der Waals surface area contributed by atoms with E-state index in [9.17, 15) is 18.0 Å². The number of halogens is 3. The third kappa shape index (κ3) is 3.49. The molecular formula is C16H16F3N5O2. The molecule has 0 atom stereocenters. The van der Waals surface area contributed by atoms with Crippen LogP contribution < -0.4 is 15.8 Å². The van der Waals surface area contributed by atoms with Crippen molar-refractivity contribution in [2.24, 2.45) is 5.10 Å². The van der Waals surface area contributed by atoms with Crippen LogP contribution in [0.4, 0.5) is 13.2 Å². The van der Waals surface area contributed by atoms with Crippen LogP contribution in [0.3, 0.4) is 0 Å². The first-order valence-corrected chi connectivity index (χ1v) is 7.56. The van der Waals surface area contributed by atoms with Crippen LogP contribution in [0.25, 0.3) is 5.69 Å². The first-order valence-electron chi connectivity index (χ1n) is 7.56. The van der Waals surface area contributed by atoms with Crippen LogP contribution >= 0.6 is 0 Å². The second kappa shape index (κ2) is 6.37. The van der Waals surface area contributed by atoms with Crippen molar-refractivity contribution in [2.45, 2.75) is 13.3 Å². The molecule has 10 heteroatoms. The number of aryl methyl sites for hydroxylation is 1. The highest BCUT2D eigenvalue weighted by Crippen LogP contribution is 2.23. The smallest absolute Gasteiger partial charge is 0.406 e. The summed E-state index contributed by atoms with van der Waals surface area (Å²) in [5, 5.41) is 7.63. The molecule has 0 saturated heterocycles. The van der Waals surface area contributed by atoms with Gasteiger partial charge in [-0.1, -0.05) is 0 Å². The molecule has 0 spiro atoms. The predicted octanol–water partition coefficient (Wildman–Crippen LogP) is 2.00. The highest BCUT2D eigenvalue weighted by atomic mass is 19.4. The molecule has 3 rings (SSSR count). The van der Waals surface area contributed by atoms with Crippen molar-refractivity contribution in [3.63, 3.8) is 0 Å². The molecule has 7 nitrogen and oxygen atoms in total. The van der Waals surface area contributed by atoms with Gasteiger partial charge in [-0.2, -0.15) is 0 Å². The normalized spacial score (nSPS) is 15.0. The fourth-order valence-electron chi connectivity index (χ4n) is 2.51. The van der Waals surface area contributed by atoms with Gasteiger partial charge in [-0.25, -0.2) is 5.53 Å². The van der Waals surface area contributed by atoms with Gasteiger partial charge < -0.3 is 4.74 Å². The van der Waals surface area contributed by atoms with E-state index in [1.54, 1.807) is 37.3 Å². The van der Waals surface area contributed by atoms with Gasteiger partial charge in [0.15, 0.2) is 5.84 Å². The number of pyridine rings is 1. The van der Waals surface area contributed by atoms with Crippen LogP contribution in [0.15, 0.2) is 46.4 Å². The zero-order chi connectivity index (χ0) is 19.1. The van der Waals surface area contributed by atoms with Gasteiger partial charge in [0, 0.05) is 37.6 Å². The minimum atomic E-state index is -4.76. The molecule has 0 unspecified atom stereocenters. The van der Waals surface area contributed by atoms with E-state index in [1.165, 1.54) is 22.8 Å². The lowest BCUT2D eigenvalue weighted by Crippen LogP contribution is -2.40. The average molecular weight is 367 g/mol. The Morgan fingerprint density at radius 2 is 1.81 bits per heavy atom. The molecule has 1 N–H and O–H groups in total. The first kappa shape index (κ1) is 17.8. The van der Waals surface area contributed by atoms with E-state index in [0.29, 0.717) is 17.1 Å². The van der Waals surface area contributed by atoms with Crippen molar-refractivity contribution >= 4 is 5.84 Å². The quantitative estimate of drug-likeness (QED) is 0.899. The third-order valence-corrected chi connectivity index (χ3v) is 3.91. The largest absolute Gasteiger partial charge is 0.573 e. The van der Waals surface area contributed by atoms with Crippen LogP contribution in [0.2, 0.25) is 0 Å². The van der Waals surface area contributed by atoms with E-state index in [1.807, 2.05) is 0 Å². The zero-order valence-corrected chi connectivity index (χ0v) is 14.2. The molecule has 138 valence electrons. The molecule has 0 fully saturated rings. The van der Waals surface area contributed by atoms with Crippen LogP contribution in [-0.4, -0.2) is 41.0 Å². The Labute approximate surface area is 146 Å². The molecule has 2 aromatic rings. The monoisotopic (exact) mass is 367 g/mol. The number of hydrogen-bond acceptors (Lipinski definition) is 6. The van der Waals surface area contributed by atoms with Gasteiger partial charge in [0.05, 0.1) is 0 Å². The van der Waals surface area contributed by atoms with Crippen LogP contribution in [-0.2, 0) is 0 Å². The lowest BCUT2D eigenvalue weighted by molar-refractivity contribution is -0.274. The zero-order valence-electron chi connectivity index (χ0n) is 14.2. The molecule has 2 heterocycles. The van der Waals surface area contributed by atoms with E-state index in [4.69, 9.17) is 0 Å². The fraction of sp³-hybridized carbons (Fsp3) is 0.250. The van der Waals surface area contributed by atoms with Crippen LogP contribution in [0.1, 0.15) is 11.1 Å². The van der Waals surface area contributed by atoms with Crippen molar-refractivity contribution < 1.29 is 17.9 Å². The van der Waals surface area contributed by atoms with Gasteiger partial charge in [-0.3, -0.25) is 14.4 Å². The van der Waals surface area contributed by atoms with E-state index >= 15 is 0 Å². The summed E-state index contributed by atoms with van der Waals surface area (Å²) in [5.41, 5.74) is 4.32. The molecular weight excluding hydrogens is 351 g/mol. The molecule has 26 heavy (non-hydrogen) atoms. The Kier molecular flexibility index (Phi) is 4.36. The topological polar surface area (TPSA) is 62.1 Å². The van der Waals surface area contributed by atoms with Crippen molar-refractivity contribution in [2.75, 3.05) is 14.1 Å². The molecule has 1 aliphatic heterocycles. The number of benzene rings is 1. The Hall–Kier alpha value is -3.01. The molecule has 0 bridgehead atoms. The van der Waals surface area contributed by atoms with Crippen molar-refractivity contribution in [3.05, 3.63) is 58.0 Å². The first-order chi connectivity index (χ1) is 12.2. The Balaban J connectivity index is 1.98. The molecule has 1 aromatic carbocycles. The summed E-state index contributed by atoms with van der Waals surface area (Å²) in [4.78, 5) is 12.3. The lowest BCUT2D eigenvalue weighted by atomic mass is 10.1. The number of ether oxygens (including phenoxy) is 1. The highest BCUT2D eigenvalue weighted by molar-refractivity contribution is 5.99. The fourth-order valence-corrected chi connectivity index (χ4v) is 2.51. The van der Waals surface area contributed by atoms with Gasteiger partial charge in [0.1, 0.15) is 5.75 Å². The van der Waals surface area contributed by atoms with Gasteiger partial charge in [-0.15, -0.1) is 23.4 Å². The minimum absolute atomic E-state index is 0.307. The van der Waals surface area contributed by atoms with Gasteiger partial charge in [0.25, 0.3) is 5.56 Å². The molecule has 1 aromatic heterocycles. The highest BCUT2D eigenvalue weighted by Gasteiger charge is 2.31. The lowest BCUT2D eigenvalue weighted by Gasteiger charge is -2.22. The Bertz CT molecular complexity index is 906. The number of aromatic nitrogens is 1. The van der Waals surface area contributed by atoms with Crippen LogP contribution in [0, 0.1) is 6.92 Å². The standard InChI is InChI=1S/C16H16F3N5O2/c1-10-8-14(25)24(9-13(10)15-20-21-23(3)22(15)2)11-4-6-12(7-5-11)26-16(17,18)19/h4-9,21H,1-3H3. The Morgan fingerprint density at radius 1 is 1.15 bits per heavy atom. The van der Waals surface area contributed by atoms with Crippen molar-refractivity contribution in [3.8, 4) is 11.4 Å². The van der Waals surface area contributed by atoms with Gasteiger partial charge in [0.2, 0.25) is 0 Å². The number of nitrogens with zero attached hydrogens (tertiary/aromatic N) is 4. The van der Waals surface area contributed by atoms with E-state index in [0.717, 1.165) is 17.7 Å². The number of hydrogen-bond donors (Lipinski definition) is 1. The Morgan fingerprint density at radius 3 is 2.35 bits per heavy atom. The summed E-state index contributed by atoms with van der Waals surface area (Å²) in [6.07, 6.45) is -3.16. The van der Waals surface area contributed by atoms with Crippen molar-refractivity contribution in [1.29, 1.82) is 0 Å². The number of hydrazine groups is 2. The SMILES string of the molecule is Cc1cc(=O)n(-c2ccc(OC(F)(F)F)cc2)cc1C1=NNN(C)N1C. The second-order valence-corrected chi connectivity index (χ2v) is 5.70. The molecule has 0 saturated carbocycles. The molecule has 1 aliphatic rings. The number of hydrazone groups is 1. The van der Waals surface area contributed by atoms with E-state index in [2.05, 4.69) is 15.4 Å². The van der Waals surface area contributed by atoms with Crippen molar-refractivity contribution in [1.82, 2.24) is 20.2 Å². The van der Waals surface area contributed by atoms with E-state index in [-0.39, 0.29) is 11.3 Å². The summed E-state index contributed by atoms with van der Waals surface area (Å²) in [5.74, 6) is 0.253. The number of amidine groups is 1. The number of rotatable bonds is 3. The third-order valence-electron chi connectivity index (χ3n) is 3.91. The maximum atomic E-state index is 12.3. The summed E-state index contributed by atoms with van der Waals surface area (Å²) in [7, 11) is 3.58. The van der Waals surface area contributed by atoms with Crippen LogP contribution in [0.5, 0.6) is 5.75 Å². The van der Waals surface area contributed by atoms with Gasteiger partial charge >= 0.3 is 6.36 Å². The summed E-state index contributed by atoms with van der Waals surface area (Å²) in [6.45, 7) is 1.79. The van der Waals surface area contributed by atoms with E-state index < -0.39 is 6.36 Å². The number of alkyl halides is 3. The second-order valence-electron chi connectivity index (χ2n) is 5.70. The summed E-state index contributed by atoms with van der Waals surface area (Å²) >= 11 is 0. The maximum absolute atomic E-state index is 12.3. The molecule has 0 radical (unpaired) electrons. The minimum Gasteiger partial charge on any atom is -0.406 e. The maximum Gasteiger partial charge on any atom is 0.573 e. The number of nitrogens with one attached hydrogen (secondary N) is 1. The summed E-state index contributed by atoms with van der Waals surface area (Å²) < 4.78 is 42.0. The average Bonchev–Trinajstić information content (AvgIpc) is 2.87.